The average Bonchev–Trinajstić information content (AvgIpc) is 3.45. The highest BCUT2D eigenvalue weighted by Gasteiger charge is 2.34. The van der Waals surface area contributed by atoms with Crippen molar-refractivity contribution < 1.29 is 4.42 Å². The number of nitrogens with zero attached hydrogens (tertiary/aromatic N) is 5. The monoisotopic (exact) mass is 491 g/mol. The Kier molecular flexibility index (Phi) is 6.71. The van der Waals surface area contributed by atoms with Crippen molar-refractivity contribution in [1.82, 2.24) is 24.8 Å². The Morgan fingerprint density at radius 3 is 2.71 bits per heavy atom. The smallest absolute Gasteiger partial charge is 0.305 e. The molecule has 0 bridgehead atoms. The van der Waals surface area contributed by atoms with Gasteiger partial charge in [-0.25, -0.2) is 9.97 Å². The van der Waals surface area contributed by atoms with Gasteiger partial charge in [0, 0.05) is 55.4 Å². The van der Waals surface area contributed by atoms with Gasteiger partial charge in [-0.05, 0) is 56.9 Å². The number of oxazole rings is 1. The molecule has 9 heteroatoms. The fourth-order valence-electron chi connectivity index (χ4n) is 5.24. The molecule has 0 spiro atoms. The van der Waals surface area contributed by atoms with Gasteiger partial charge >= 0.3 is 6.01 Å². The number of likely N-dealkylation sites (tertiary alicyclic amines) is 1. The summed E-state index contributed by atoms with van der Waals surface area (Å²) in [7, 11) is 0. The van der Waals surface area contributed by atoms with Gasteiger partial charge in [0.25, 0.3) is 0 Å². The van der Waals surface area contributed by atoms with Gasteiger partial charge < -0.3 is 14.6 Å². The maximum atomic E-state index is 5.49. The van der Waals surface area contributed by atoms with Crippen molar-refractivity contribution in [2.45, 2.75) is 58.8 Å². The molecule has 8 nitrogen and oxygen atoms in total. The Morgan fingerprint density at radius 2 is 1.97 bits per heavy atom. The zero-order valence-electron chi connectivity index (χ0n) is 20.8. The van der Waals surface area contributed by atoms with Gasteiger partial charge in [0.05, 0.1) is 11.4 Å². The summed E-state index contributed by atoms with van der Waals surface area (Å²) >= 11 is 1.46. The number of piperidine rings is 1. The van der Waals surface area contributed by atoms with Gasteiger partial charge in [-0.2, -0.15) is 4.98 Å². The predicted octanol–water partition coefficient (Wildman–Crippen LogP) is 5.35. The van der Waals surface area contributed by atoms with E-state index in [9.17, 15) is 0 Å². The van der Waals surface area contributed by atoms with Crippen LogP contribution in [-0.4, -0.2) is 49.6 Å². The minimum Gasteiger partial charge on any atom is -0.431 e. The number of anilines is 3. The molecule has 0 radical (unpaired) electrons. The molecule has 35 heavy (non-hydrogen) atoms. The molecule has 0 amide bonds. The summed E-state index contributed by atoms with van der Waals surface area (Å²) in [6, 6.07) is 7.80. The second-order valence-corrected chi connectivity index (χ2v) is 10.2. The maximum Gasteiger partial charge on any atom is 0.305 e. The van der Waals surface area contributed by atoms with E-state index in [1.165, 1.54) is 28.6 Å². The van der Waals surface area contributed by atoms with E-state index in [0.29, 0.717) is 24.0 Å². The molecule has 5 rings (SSSR count). The lowest BCUT2D eigenvalue weighted by Crippen LogP contribution is -2.46. The van der Waals surface area contributed by atoms with Crippen LogP contribution in [0.3, 0.4) is 0 Å². The molecular formula is C26H33N7OS. The first kappa shape index (κ1) is 23.7. The van der Waals surface area contributed by atoms with Crippen molar-refractivity contribution in [1.29, 1.82) is 0 Å². The summed E-state index contributed by atoms with van der Waals surface area (Å²) < 4.78 is 8.52. The van der Waals surface area contributed by atoms with Crippen molar-refractivity contribution in [2.24, 2.45) is 0 Å². The molecule has 2 atom stereocenters. The zero-order valence-corrected chi connectivity index (χ0v) is 21.7. The normalized spacial score (nSPS) is 20.1. The Bertz CT molecular complexity index is 1210. The van der Waals surface area contributed by atoms with E-state index in [1.54, 1.807) is 6.26 Å². The fraction of sp³-hybridized carbons (Fsp3) is 0.423. The van der Waals surface area contributed by atoms with E-state index in [1.807, 2.05) is 12.5 Å². The molecule has 2 aromatic heterocycles. The van der Waals surface area contributed by atoms with Gasteiger partial charge in [-0.3, -0.25) is 9.62 Å². The molecule has 2 aliphatic rings. The first-order valence-electron chi connectivity index (χ1n) is 12.0. The van der Waals surface area contributed by atoms with Crippen LogP contribution in [-0.2, 0) is 13.1 Å². The quantitative estimate of drug-likeness (QED) is 0.425. The molecule has 184 valence electrons. The SMILES string of the molecule is C=C(c1coc(NSC)n1)N1CC[C@@H](N2Cc3cnc(Nc4cc(C)cc(C)c4)nc3C2)C[C@H]1C. The molecule has 1 saturated heterocycles. The Balaban J connectivity index is 1.20. The topological polar surface area (TPSA) is 82.4 Å². The van der Waals surface area contributed by atoms with Gasteiger partial charge in [0.1, 0.15) is 12.0 Å². The van der Waals surface area contributed by atoms with E-state index < -0.39 is 0 Å². The number of rotatable bonds is 7. The Morgan fingerprint density at radius 1 is 1.17 bits per heavy atom. The summed E-state index contributed by atoms with van der Waals surface area (Å²) in [5.74, 6) is 0.665. The molecule has 0 unspecified atom stereocenters. The van der Waals surface area contributed by atoms with Gasteiger partial charge in [-0.15, -0.1) is 0 Å². The third-order valence-corrected chi connectivity index (χ3v) is 7.24. The van der Waals surface area contributed by atoms with Crippen LogP contribution in [0.25, 0.3) is 5.70 Å². The third kappa shape index (κ3) is 5.16. The Hall–Kier alpha value is -3.04. The van der Waals surface area contributed by atoms with E-state index in [2.05, 4.69) is 75.4 Å². The van der Waals surface area contributed by atoms with Crippen LogP contribution in [0, 0.1) is 13.8 Å². The fourth-order valence-corrected chi connectivity index (χ4v) is 5.51. The largest absolute Gasteiger partial charge is 0.431 e. The molecule has 3 aromatic rings. The molecular weight excluding hydrogens is 458 g/mol. The van der Waals surface area contributed by atoms with Crippen LogP contribution in [0.1, 0.15) is 47.8 Å². The molecule has 4 heterocycles. The summed E-state index contributed by atoms with van der Waals surface area (Å²) in [6.45, 7) is 13.5. The number of aryl methyl sites for hydroxylation is 2. The predicted molar refractivity (Wildman–Crippen MR) is 142 cm³/mol. The van der Waals surface area contributed by atoms with E-state index >= 15 is 0 Å². The minimum atomic E-state index is 0.367. The molecule has 1 fully saturated rings. The van der Waals surface area contributed by atoms with Gasteiger partial charge in [0.2, 0.25) is 5.95 Å². The van der Waals surface area contributed by atoms with Crippen LogP contribution in [0.4, 0.5) is 17.7 Å². The highest BCUT2D eigenvalue weighted by molar-refractivity contribution is 7.99. The molecule has 1 aromatic carbocycles. The van der Waals surface area contributed by atoms with Crippen molar-refractivity contribution in [3.8, 4) is 0 Å². The number of hydrogen-bond donors (Lipinski definition) is 2. The van der Waals surface area contributed by atoms with Gasteiger partial charge in [0.15, 0.2) is 0 Å². The first-order chi connectivity index (χ1) is 16.9. The summed E-state index contributed by atoms with van der Waals surface area (Å²) in [6.07, 6.45) is 7.75. The van der Waals surface area contributed by atoms with Crippen LogP contribution in [0.5, 0.6) is 0 Å². The number of fused-ring (bicyclic) bond motifs is 1. The first-order valence-corrected chi connectivity index (χ1v) is 13.3. The van der Waals surface area contributed by atoms with Crippen molar-refractivity contribution >= 4 is 35.3 Å². The van der Waals surface area contributed by atoms with Crippen molar-refractivity contribution in [3.05, 3.63) is 65.3 Å². The summed E-state index contributed by atoms with van der Waals surface area (Å²) in [4.78, 5) is 18.9. The molecule has 2 N–H and O–H groups in total. The lowest BCUT2D eigenvalue weighted by molar-refractivity contribution is 0.102. The van der Waals surface area contributed by atoms with Crippen molar-refractivity contribution in [2.75, 3.05) is 22.8 Å². The van der Waals surface area contributed by atoms with Gasteiger partial charge in [-0.1, -0.05) is 24.6 Å². The number of aromatic nitrogens is 3. The Labute approximate surface area is 211 Å². The van der Waals surface area contributed by atoms with Crippen LogP contribution >= 0.6 is 11.9 Å². The molecule has 0 saturated carbocycles. The second-order valence-electron chi connectivity index (χ2n) is 9.58. The second kappa shape index (κ2) is 9.91. The number of hydrogen-bond acceptors (Lipinski definition) is 9. The van der Waals surface area contributed by atoms with Crippen LogP contribution in [0.15, 0.2) is 41.7 Å². The highest BCUT2D eigenvalue weighted by atomic mass is 32.2. The number of benzene rings is 1. The highest BCUT2D eigenvalue weighted by Crippen LogP contribution is 2.33. The van der Waals surface area contributed by atoms with E-state index in [-0.39, 0.29) is 0 Å². The van der Waals surface area contributed by atoms with E-state index in [4.69, 9.17) is 9.40 Å². The standard InChI is InChI=1S/C26H33N7OS/c1-16-8-17(2)10-21(9-16)28-25-27-12-20-13-32(14-23(20)29-25)22-6-7-33(18(3)11-22)19(4)24-15-34-26(30-24)31-35-5/h8-10,12,15,18,22H,4,6-7,11,13-14H2,1-3,5H3,(H,30,31)(H,27,28,29)/t18-,22-/m1/s1. The number of nitrogens with one attached hydrogen (secondary N) is 2. The van der Waals surface area contributed by atoms with Crippen LogP contribution < -0.4 is 10.0 Å². The molecule has 2 aliphatic heterocycles. The average molecular weight is 492 g/mol. The lowest BCUT2D eigenvalue weighted by Gasteiger charge is -2.42. The summed E-state index contributed by atoms with van der Waals surface area (Å²) in [5, 5.41) is 3.38. The summed E-state index contributed by atoms with van der Waals surface area (Å²) in [5.41, 5.74) is 7.55. The molecule has 0 aliphatic carbocycles. The lowest BCUT2D eigenvalue weighted by atomic mass is 9.96. The maximum absolute atomic E-state index is 5.49. The zero-order chi connectivity index (χ0) is 24.5. The van der Waals surface area contributed by atoms with Crippen molar-refractivity contribution in [3.63, 3.8) is 0 Å². The minimum absolute atomic E-state index is 0.367. The van der Waals surface area contributed by atoms with Crippen LogP contribution in [0.2, 0.25) is 0 Å². The third-order valence-electron chi connectivity index (χ3n) is 6.86. The van der Waals surface area contributed by atoms with E-state index in [0.717, 1.165) is 55.2 Å².